The first-order valence-corrected chi connectivity index (χ1v) is 8.19. The van der Waals surface area contributed by atoms with Crippen molar-refractivity contribution >= 4 is 17.2 Å². The zero-order chi connectivity index (χ0) is 18.4. The highest BCUT2D eigenvalue weighted by molar-refractivity contribution is 6.03. The molecular weight excluding hydrogens is 318 g/mol. The Morgan fingerprint density at radius 2 is 2.00 bits per heavy atom. The molecule has 0 spiro atoms. The van der Waals surface area contributed by atoms with Gasteiger partial charge in [-0.2, -0.15) is 5.26 Å². The largest absolute Gasteiger partial charge is 0.294 e. The molecule has 1 aromatic carbocycles. The Morgan fingerprint density at radius 1 is 1.32 bits per heavy atom. The zero-order valence-corrected chi connectivity index (χ0v) is 14.4. The fourth-order valence-corrected chi connectivity index (χ4v) is 3.86. The molecule has 2 atom stereocenters. The maximum absolute atomic E-state index is 12.9. The molecule has 0 fully saturated rings. The van der Waals surface area contributed by atoms with Crippen LogP contribution < -0.4 is 0 Å². The minimum Gasteiger partial charge on any atom is -0.294 e. The molecule has 3 rings (SSSR count). The van der Waals surface area contributed by atoms with E-state index in [0.29, 0.717) is 35.4 Å². The van der Waals surface area contributed by atoms with E-state index in [0.717, 1.165) is 0 Å². The quantitative estimate of drug-likeness (QED) is 0.603. The Morgan fingerprint density at radius 3 is 2.64 bits per heavy atom. The molecule has 1 aliphatic carbocycles. The van der Waals surface area contributed by atoms with Gasteiger partial charge in [0.25, 0.3) is 5.69 Å². The highest BCUT2D eigenvalue weighted by Gasteiger charge is 2.44. The smallest absolute Gasteiger partial charge is 0.273 e. The van der Waals surface area contributed by atoms with Gasteiger partial charge in [0.05, 0.1) is 16.9 Å². The second-order valence-corrected chi connectivity index (χ2v) is 7.45. The lowest BCUT2D eigenvalue weighted by molar-refractivity contribution is -0.385. The van der Waals surface area contributed by atoms with Crippen LogP contribution in [-0.4, -0.2) is 16.4 Å². The average molecular weight is 337 g/mol. The molecule has 0 aromatic heterocycles. The van der Waals surface area contributed by atoms with Crippen molar-refractivity contribution in [3.63, 3.8) is 0 Å². The second kappa shape index (κ2) is 5.92. The van der Waals surface area contributed by atoms with Crippen molar-refractivity contribution in [2.24, 2.45) is 16.3 Å². The number of allylic oxidation sites excluding steroid dienone is 2. The number of ketones is 1. The number of aliphatic imine (C=N–C) groups is 1. The van der Waals surface area contributed by atoms with E-state index >= 15 is 0 Å². The van der Waals surface area contributed by atoms with Crippen molar-refractivity contribution in [3.05, 3.63) is 51.2 Å². The lowest BCUT2D eigenvalue weighted by atomic mass is 9.67. The first kappa shape index (κ1) is 17.0. The van der Waals surface area contributed by atoms with Crippen molar-refractivity contribution in [2.75, 3.05) is 0 Å². The first-order valence-electron chi connectivity index (χ1n) is 8.19. The number of benzene rings is 1. The Balaban J connectivity index is 2.25. The number of carbonyl (C=O) groups is 1. The topological polar surface area (TPSA) is 96.4 Å². The fourth-order valence-electron chi connectivity index (χ4n) is 3.86. The van der Waals surface area contributed by atoms with E-state index in [9.17, 15) is 20.2 Å². The third-order valence-electron chi connectivity index (χ3n) is 4.91. The molecule has 0 amide bonds. The van der Waals surface area contributed by atoms with Crippen molar-refractivity contribution < 1.29 is 9.72 Å². The number of para-hydroxylation sites is 1. The number of Topliss-reactive ketones (excluding diaryl/α,β-unsaturated/α-hetero) is 1. The molecule has 0 N–H and O–H groups in total. The van der Waals surface area contributed by atoms with E-state index in [4.69, 9.17) is 0 Å². The maximum atomic E-state index is 12.9. The normalized spacial score (nSPS) is 25.0. The first-order chi connectivity index (χ1) is 11.7. The van der Waals surface area contributed by atoms with Crippen LogP contribution in [0.25, 0.3) is 0 Å². The van der Waals surface area contributed by atoms with Crippen molar-refractivity contribution in [1.82, 2.24) is 0 Å². The van der Waals surface area contributed by atoms with Gasteiger partial charge in [0.2, 0.25) is 0 Å². The van der Waals surface area contributed by atoms with Crippen LogP contribution in [0.3, 0.4) is 0 Å². The van der Waals surface area contributed by atoms with E-state index in [1.54, 1.807) is 25.1 Å². The SMILES string of the molecule is CC1=NC2=C(C(=O)CC(C)(C)C2)[C@@H](c2ccccc2[N+](=O)[O-])C1C#N. The third kappa shape index (κ3) is 2.86. The highest BCUT2D eigenvalue weighted by Crippen LogP contribution is 2.48. The number of nitrogens with zero attached hydrogens (tertiary/aromatic N) is 3. The van der Waals surface area contributed by atoms with Gasteiger partial charge >= 0.3 is 0 Å². The van der Waals surface area contributed by atoms with Gasteiger partial charge < -0.3 is 0 Å². The van der Waals surface area contributed by atoms with E-state index < -0.39 is 16.8 Å². The zero-order valence-electron chi connectivity index (χ0n) is 14.4. The molecule has 0 radical (unpaired) electrons. The molecule has 0 saturated carbocycles. The van der Waals surface area contributed by atoms with Gasteiger partial charge in [-0.05, 0) is 18.8 Å². The maximum Gasteiger partial charge on any atom is 0.273 e. The molecule has 6 nitrogen and oxygen atoms in total. The highest BCUT2D eigenvalue weighted by atomic mass is 16.6. The summed E-state index contributed by atoms with van der Waals surface area (Å²) in [6.07, 6.45) is 0.983. The van der Waals surface area contributed by atoms with Crippen LogP contribution in [0.4, 0.5) is 5.69 Å². The van der Waals surface area contributed by atoms with Crippen molar-refractivity contribution in [2.45, 2.75) is 39.5 Å². The monoisotopic (exact) mass is 337 g/mol. The Hall–Kier alpha value is -2.81. The standard InChI is InChI=1S/C19H19N3O3/c1-11-13(10-20)17(12-6-4-5-7-15(12)22(24)25)18-14(21-11)8-19(2,3)9-16(18)23/h4-7,13,17H,8-9H2,1-3H3/t13?,17-/m0/s1. The average Bonchev–Trinajstić information content (AvgIpc) is 2.52. The number of hydrogen-bond acceptors (Lipinski definition) is 5. The number of nitriles is 1. The third-order valence-corrected chi connectivity index (χ3v) is 4.91. The number of hydrogen-bond donors (Lipinski definition) is 0. The van der Waals surface area contributed by atoms with Gasteiger partial charge in [0.15, 0.2) is 5.78 Å². The van der Waals surface area contributed by atoms with E-state index in [1.807, 2.05) is 13.8 Å². The summed E-state index contributed by atoms with van der Waals surface area (Å²) in [5.41, 5.74) is 1.90. The Kier molecular flexibility index (Phi) is 4.03. The summed E-state index contributed by atoms with van der Waals surface area (Å²) in [5, 5.41) is 21.1. The van der Waals surface area contributed by atoms with E-state index in [2.05, 4.69) is 11.1 Å². The van der Waals surface area contributed by atoms with Gasteiger partial charge in [-0.25, -0.2) is 0 Å². The molecule has 1 aromatic rings. The molecular formula is C19H19N3O3. The molecule has 25 heavy (non-hydrogen) atoms. The molecule has 1 aliphatic heterocycles. The summed E-state index contributed by atoms with van der Waals surface area (Å²) in [6, 6.07) is 8.56. The molecule has 128 valence electrons. The molecule has 2 aliphatic rings. The lowest BCUT2D eigenvalue weighted by Crippen LogP contribution is -2.35. The predicted molar refractivity (Wildman–Crippen MR) is 93.1 cm³/mol. The minimum atomic E-state index is -0.676. The van der Waals surface area contributed by atoms with Crippen LogP contribution in [-0.2, 0) is 4.79 Å². The molecule has 0 saturated heterocycles. The van der Waals surface area contributed by atoms with Gasteiger partial charge in [-0.1, -0.05) is 32.0 Å². The van der Waals surface area contributed by atoms with Crippen LogP contribution >= 0.6 is 0 Å². The summed E-state index contributed by atoms with van der Waals surface area (Å²) in [6.45, 7) is 5.78. The van der Waals surface area contributed by atoms with E-state index in [1.165, 1.54) is 6.07 Å². The van der Waals surface area contributed by atoms with Gasteiger partial charge in [0.1, 0.15) is 0 Å². The lowest BCUT2D eigenvalue weighted by Gasteiger charge is -2.37. The number of rotatable bonds is 2. The van der Waals surface area contributed by atoms with Crippen molar-refractivity contribution in [3.8, 4) is 6.07 Å². The Bertz CT molecular complexity index is 874. The minimum absolute atomic E-state index is 0.0630. The summed E-state index contributed by atoms with van der Waals surface area (Å²) in [4.78, 5) is 28.4. The van der Waals surface area contributed by atoms with Crippen LogP contribution in [0.1, 0.15) is 45.1 Å². The molecule has 0 bridgehead atoms. The molecule has 1 unspecified atom stereocenters. The predicted octanol–water partition coefficient (Wildman–Crippen LogP) is 3.94. The van der Waals surface area contributed by atoms with Crippen LogP contribution in [0.5, 0.6) is 0 Å². The molecule has 6 heteroatoms. The van der Waals surface area contributed by atoms with Crippen LogP contribution in [0.2, 0.25) is 0 Å². The van der Waals surface area contributed by atoms with Gasteiger partial charge in [-0.15, -0.1) is 0 Å². The van der Waals surface area contributed by atoms with Gasteiger partial charge in [0, 0.05) is 41.0 Å². The van der Waals surface area contributed by atoms with Crippen LogP contribution in [0, 0.1) is 32.8 Å². The summed E-state index contributed by atoms with van der Waals surface area (Å²) in [5.74, 6) is -1.38. The van der Waals surface area contributed by atoms with E-state index in [-0.39, 0.29) is 16.9 Å². The number of nitro groups is 1. The molecule has 1 heterocycles. The number of nitro benzene ring substituents is 1. The summed E-state index contributed by atoms with van der Waals surface area (Å²) in [7, 11) is 0. The van der Waals surface area contributed by atoms with Crippen molar-refractivity contribution in [1.29, 1.82) is 5.26 Å². The fraction of sp³-hybridized carbons (Fsp3) is 0.421. The summed E-state index contributed by atoms with van der Waals surface area (Å²) < 4.78 is 0. The second-order valence-electron chi connectivity index (χ2n) is 7.45. The number of carbonyl (C=O) groups excluding carboxylic acids is 1. The summed E-state index contributed by atoms with van der Waals surface area (Å²) >= 11 is 0. The van der Waals surface area contributed by atoms with Gasteiger partial charge in [-0.3, -0.25) is 19.9 Å². The Labute approximate surface area is 146 Å². The van der Waals surface area contributed by atoms with Crippen LogP contribution in [0.15, 0.2) is 40.5 Å².